The molecule has 2 N–H and O–H groups in total. The number of alkyl halides is 3. The van der Waals surface area contributed by atoms with E-state index in [0.29, 0.717) is 36.0 Å². The van der Waals surface area contributed by atoms with Gasteiger partial charge in [0.15, 0.2) is 5.60 Å². The van der Waals surface area contributed by atoms with Gasteiger partial charge in [0.05, 0.1) is 29.1 Å². The number of thiol groups is 1. The van der Waals surface area contributed by atoms with Crippen LogP contribution in [0.1, 0.15) is 46.5 Å². The van der Waals surface area contributed by atoms with Gasteiger partial charge in [-0.3, -0.25) is 14.8 Å². The molecule has 38 heavy (non-hydrogen) atoms. The van der Waals surface area contributed by atoms with Gasteiger partial charge in [-0.05, 0) is 36.6 Å². The van der Waals surface area contributed by atoms with Crippen molar-refractivity contribution in [2.45, 2.75) is 70.3 Å². The lowest BCUT2D eigenvalue weighted by Gasteiger charge is -2.45. The number of aromatic nitrogens is 6. The van der Waals surface area contributed by atoms with Gasteiger partial charge < -0.3 is 10.0 Å². The first-order valence-corrected chi connectivity index (χ1v) is 13.5. The number of fused-ring (bicyclic) bond motifs is 2. The summed E-state index contributed by atoms with van der Waals surface area (Å²) in [5.74, 6) is 1.97. The van der Waals surface area contributed by atoms with Crippen molar-refractivity contribution in [3.63, 3.8) is 0 Å². The standard InChI is InChI=1S/C24H26F3N7O.C2H6S/c1-14(2)12-34-19-8-17(28-9-15(19)10-30-34)21-16-7-20(29-11-18(16)31-32-21)33-6-5-23(35,24(25,26)27)13-22(33)3-4-22;1-2-3/h7-11,14,35H,3-6,12-13H2,1-2H3,(H,31,32);3H,2H2,1H3. The van der Waals surface area contributed by atoms with Crippen molar-refractivity contribution in [1.29, 1.82) is 0 Å². The zero-order valence-electron chi connectivity index (χ0n) is 21.6. The van der Waals surface area contributed by atoms with Crippen molar-refractivity contribution in [1.82, 2.24) is 29.9 Å². The summed E-state index contributed by atoms with van der Waals surface area (Å²) in [6.45, 7) is 7.12. The molecule has 8 nitrogen and oxygen atoms in total. The van der Waals surface area contributed by atoms with Crippen molar-refractivity contribution in [2.75, 3.05) is 17.2 Å². The second-order valence-electron chi connectivity index (χ2n) is 10.7. The van der Waals surface area contributed by atoms with Gasteiger partial charge in [-0.1, -0.05) is 20.8 Å². The number of pyridine rings is 2. The molecule has 12 heteroatoms. The van der Waals surface area contributed by atoms with Gasteiger partial charge in [-0.25, -0.2) is 4.98 Å². The van der Waals surface area contributed by atoms with Crippen molar-refractivity contribution >= 4 is 40.3 Å². The minimum Gasteiger partial charge on any atom is -0.380 e. The number of aromatic amines is 1. The summed E-state index contributed by atoms with van der Waals surface area (Å²) in [5, 5.41) is 24.0. The van der Waals surface area contributed by atoms with Crippen LogP contribution in [0, 0.1) is 5.92 Å². The van der Waals surface area contributed by atoms with Crippen molar-refractivity contribution in [3.05, 3.63) is 30.7 Å². The summed E-state index contributed by atoms with van der Waals surface area (Å²) in [6.07, 6.45) is 1.07. The maximum absolute atomic E-state index is 13.5. The lowest BCUT2D eigenvalue weighted by Crippen LogP contribution is -2.58. The number of halogens is 3. The summed E-state index contributed by atoms with van der Waals surface area (Å²) in [6, 6.07) is 3.83. The van der Waals surface area contributed by atoms with Crippen molar-refractivity contribution < 1.29 is 18.3 Å². The van der Waals surface area contributed by atoms with E-state index in [9.17, 15) is 18.3 Å². The van der Waals surface area contributed by atoms with Crippen LogP contribution in [-0.4, -0.2) is 64.7 Å². The Morgan fingerprint density at radius 3 is 2.53 bits per heavy atom. The SMILES string of the molecule is CC(C)Cn1ncc2cnc(-c3n[nH]c4cnc(N5CCC(O)(C(F)(F)F)CC56CC6)cc34)cc21.CCS. The molecule has 5 heterocycles. The van der Waals surface area contributed by atoms with E-state index in [-0.39, 0.29) is 19.4 Å². The predicted octanol–water partition coefficient (Wildman–Crippen LogP) is 5.39. The lowest BCUT2D eigenvalue weighted by atomic mass is 9.84. The summed E-state index contributed by atoms with van der Waals surface area (Å²) in [4.78, 5) is 11.1. The summed E-state index contributed by atoms with van der Waals surface area (Å²) < 4.78 is 42.5. The Morgan fingerprint density at radius 2 is 1.87 bits per heavy atom. The third kappa shape index (κ3) is 4.72. The molecule has 4 aromatic heterocycles. The quantitative estimate of drug-likeness (QED) is 0.297. The number of aliphatic hydroxyl groups is 1. The molecule has 1 saturated carbocycles. The maximum Gasteiger partial charge on any atom is 0.417 e. The van der Waals surface area contributed by atoms with Crippen LogP contribution < -0.4 is 4.90 Å². The van der Waals surface area contributed by atoms with E-state index in [2.05, 4.69) is 51.7 Å². The summed E-state index contributed by atoms with van der Waals surface area (Å²) in [7, 11) is 0. The Balaban J connectivity index is 0.000000937. The first-order valence-electron chi connectivity index (χ1n) is 12.8. The first-order chi connectivity index (χ1) is 18.0. The van der Waals surface area contributed by atoms with Crippen LogP contribution in [0.5, 0.6) is 0 Å². The highest BCUT2D eigenvalue weighted by molar-refractivity contribution is 7.80. The number of nitrogens with zero attached hydrogens (tertiary/aromatic N) is 6. The van der Waals surface area contributed by atoms with E-state index < -0.39 is 17.3 Å². The van der Waals surface area contributed by atoms with Crippen molar-refractivity contribution in [3.8, 4) is 11.4 Å². The van der Waals surface area contributed by atoms with Crippen LogP contribution in [0.15, 0.2) is 30.7 Å². The lowest BCUT2D eigenvalue weighted by molar-refractivity contribution is -0.270. The molecular weight excluding hydrogens is 515 g/mol. The first kappa shape index (κ1) is 26.7. The van der Waals surface area contributed by atoms with Gasteiger partial charge in [0, 0.05) is 48.4 Å². The molecule has 1 spiro atoms. The van der Waals surface area contributed by atoms with Crippen molar-refractivity contribution in [2.24, 2.45) is 5.92 Å². The molecular formula is C26H32F3N7OS. The van der Waals surface area contributed by atoms with E-state index in [1.54, 1.807) is 18.6 Å². The molecule has 1 aliphatic heterocycles. The Kier molecular flexibility index (Phi) is 6.83. The molecule has 1 atom stereocenters. The molecule has 0 amide bonds. The number of nitrogens with one attached hydrogen (secondary N) is 1. The van der Waals surface area contributed by atoms with E-state index in [1.165, 1.54) is 0 Å². The minimum absolute atomic E-state index is 0.0836. The Labute approximate surface area is 224 Å². The fraction of sp³-hybridized carbons (Fsp3) is 0.538. The molecule has 0 radical (unpaired) electrons. The van der Waals surface area contributed by atoms with Crippen LogP contribution in [0.3, 0.4) is 0 Å². The van der Waals surface area contributed by atoms with Gasteiger partial charge >= 0.3 is 6.18 Å². The zero-order chi connectivity index (χ0) is 27.3. The van der Waals surface area contributed by atoms with Crippen LogP contribution >= 0.6 is 12.6 Å². The van der Waals surface area contributed by atoms with Gasteiger partial charge in [0.25, 0.3) is 0 Å². The molecule has 1 unspecified atom stereocenters. The highest BCUT2D eigenvalue weighted by atomic mass is 32.1. The molecule has 0 aromatic carbocycles. The molecule has 6 rings (SSSR count). The Bertz CT molecular complexity index is 1450. The monoisotopic (exact) mass is 547 g/mol. The molecule has 1 aliphatic carbocycles. The number of piperidine rings is 1. The number of rotatable bonds is 4. The fourth-order valence-corrected chi connectivity index (χ4v) is 5.29. The number of anilines is 1. The van der Waals surface area contributed by atoms with Gasteiger partial charge in [-0.15, -0.1) is 0 Å². The van der Waals surface area contributed by atoms with Crippen LogP contribution in [0.25, 0.3) is 33.2 Å². The number of hydrogen-bond acceptors (Lipinski definition) is 7. The predicted molar refractivity (Wildman–Crippen MR) is 144 cm³/mol. The second-order valence-corrected chi connectivity index (χ2v) is 11.3. The van der Waals surface area contributed by atoms with Gasteiger partial charge in [0.2, 0.25) is 0 Å². The van der Waals surface area contributed by atoms with E-state index in [4.69, 9.17) is 0 Å². The van der Waals surface area contributed by atoms with E-state index in [0.717, 1.165) is 34.1 Å². The smallest absolute Gasteiger partial charge is 0.380 e. The number of hydrogen-bond donors (Lipinski definition) is 3. The molecule has 4 aromatic rings. The molecule has 2 aliphatic rings. The highest BCUT2D eigenvalue weighted by Crippen LogP contribution is 2.55. The average molecular weight is 548 g/mol. The summed E-state index contributed by atoms with van der Waals surface area (Å²) >= 11 is 3.79. The van der Waals surface area contributed by atoms with Crippen LogP contribution in [0.2, 0.25) is 0 Å². The zero-order valence-corrected chi connectivity index (χ0v) is 22.5. The third-order valence-corrected chi connectivity index (χ3v) is 7.31. The Morgan fingerprint density at radius 1 is 1.13 bits per heavy atom. The largest absolute Gasteiger partial charge is 0.417 e. The highest BCUT2D eigenvalue weighted by Gasteiger charge is 2.64. The number of H-pyrrole nitrogens is 1. The molecule has 2 fully saturated rings. The van der Waals surface area contributed by atoms with Gasteiger partial charge in [0.1, 0.15) is 11.5 Å². The normalized spacial score (nSPS) is 20.8. The molecule has 0 bridgehead atoms. The van der Waals surface area contributed by atoms with Gasteiger partial charge in [-0.2, -0.15) is 36.0 Å². The average Bonchev–Trinajstić information content (AvgIpc) is 3.30. The van der Waals surface area contributed by atoms with E-state index >= 15 is 0 Å². The summed E-state index contributed by atoms with van der Waals surface area (Å²) in [5.41, 5.74) is -0.353. The molecule has 204 valence electrons. The third-order valence-electron chi connectivity index (χ3n) is 7.31. The van der Waals surface area contributed by atoms with Crippen LogP contribution in [0.4, 0.5) is 19.0 Å². The van der Waals surface area contributed by atoms with E-state index in [1.807, 2.05) is 28.6 Å². The molecule has 1 saturated heterocycles. The van der Waals surface area contributed by atoms with Crippen LogP contribution in [-0.2, 0) is 6.54 Å². The minimum atomic E-state index is -4.64. The fourth-order valence-electron chi connectivity index (χ4n) is 5.29. The second kappa shape index (κ2) is 9.71. The topological polar surface area (TPSA) is 95.8 Å². The maximum atomic E-state index is 13.5. The Hall–Kier alpha value is -2.86.